The SMILES string of the molecule is Nc1nc2c(ncn2[C@@H]2C[C@H](CO)[C@H]2COP(=O)(O)Oc2ccccc2F)c(=O)[nH]1. The van der Waals surface area contributed by atoms with E-state index in [1.54, 1.807) is 4.57 Å². The van der Waals surface area contributed by atoms with Crippen molar-refractivity contribution in [2.45, 2.75) is 12.5 Å². The van der Waals surface area contributed by atoms with Gasteiger partial charge in [-0.3, -0.25) is 19.2 Å². The van der Waals surface area contributed by atoms with Crippen LogP contribution in [0.5, 0.6) is 5.75 Å². The van der Waals surface area contributed by atoms with Crippen molar-refractivity contribution in [1.29, 1.82) is 0 Å². The molecule has 3 aromatic rings. The highest BCUT2D eigenvalue weighted by atomic mass is 31.2. The number of benzene rings is 1. The van der Waals surface area contributed by atoms with Gasteiger partial charge in [0.15, 0.2) is 22.7 Å². The molecule has 0 saturated heterocycles. The van der Waals surface area contributed by atoms with E-state index in [0.29, 0.717) is 6.42 Å². The van der Waals surface area contributed by atoms with Crippen LogP contribution in [0, 0.1) is 17.7 Å². The number of aromatic nitrogens is 4. The van der Waals surface area contributed by atoms with Gasteiger partial charge in [-0.1, -0.05) is 12.1 Å². The maximum Gasteiger partial charge on any atom is 0.527 e. The maximum atomic E-state index is 13.7. The van der Waals surface area contributed by atoms with Crippen molar-refractivity contribution < 1.29 is 28.0 Å². The van der Waals surface area contributed by atoms with Crippen molar-refractivity contribution in [2.24, 2.45) is 11.8 Å². The average Bonchev–Trinajstić information content (AvgIpc) is 3.07. The Morgan fingerprint density at radius 2 is 2.17 bits per heavy atom. The number of hydrogen-bond donors (Lipinski definition) is 4. The predicted octanol–water partition coefficient (Wildman–Crippen LogP) is 1.21. The number of imidazole rings is 1. The summed E-state index contributed by atoms with van der Waals surface area (Å²) < 4.78 is 37.4. The van der Waals surface area contributed by atoms with E-state index in [4.69, 9.17) is 14.8 Å². The van der Waals surface area contributed by atoms with Crippen LogP contribution in [-0.2, 0) is 9.09 Å². The molecule has 30 heavy (non-hydrogen) atoms. The van der Waals surface area contributed by atoms with Crippen LogP contribution in [0.25, 0.3) is 11.2 Å². The van der Waals surface area contributed by atoms with Gasteiger partial charge >= 0.3 is 7.82 Å². The van der Waals surface area contributed by atoms with Crippen LogP contribution in [-0.4, -0.2) is 42.7 Å². The number of nitrogens with two attached hydrogens (primary N) is 1. The monoisotopic (exact) mass is 439 g/mol. The molecule has 1 aliphatic rings. The molecule has 0 bridgehead atoms. The zero-order valence-electron chi connectivity index (χ0n) is 15.5. The van der Waals surface area contributed by atoms with Gasteiger partial charge in [-0.25, -0.2) is 13.9 Å². The van der Waals surface area contributed by atoms with Crippen LogP contribution in [0.4, 0.5) is 10.3 Å². The lowest BCUT2D eigenvalue weighted by Crippen LogP contribution is -2.43. The number of aliphatic hydroxyl groups is 1. The van der Waals surface area contributed by atoms with Crippen LogP contribution in [0.15, 0.2) is 35.4 Å². The molecule has 1 fully saturated rings. The Morgan fingerprint density at radius 3 is 2.90 bits per heavy atom. The molecule has 0 spiro atoms. The van der Waals surface area contributed by atoms with Crippen LogP contribution in [0.3, 0.4) is 0 Å². The molecule has 13 heteroatoms. The third-order valence-electron chi connectivity index (χ3n) is 5.17. The summed E-state index contributed by atoms with van der Waals surface area (Å²) in [5.41, 5.74) is 5.49. The van der Waals surface area contributed by atoms with Crippen LogP contribution in [0.2, 0.25) is 0 Å². The Balaban J connectivity index is 1.52. The van der Waals surface area contributed by atoms with E-state index in [1.807, 2.05) is 0 Å². The van der Waals surface area contributed by atoms with E-state index in [2.05, 4.69) is 15.0 Å². The minimum absolute atomic E-state index is 0.0711. The largest absolute Gasteiger partial charge is 0.527 e. The first-order valence-corrected chi connectivity index (χ1v) is 10.5. The first-order valence-electron chi connectivity index (χ1n) is 9.03. The number of fused-ring (bicyclic) bond motifs is 1. The minimum atomic E-state index is -4.62. The normalized spacial score (nSPS) is 23.1. The molecule has 1 aliphatic carbocycles. The molecule has 0 aliphatic heterocycles. The van der Waals surface area contributed by atoms with Crippen molar-refractivity contribution in [3.8, 4) is 5.75 Å². The fraction of sp³-hybridized carbons (Fsp3) is 0.353. The van der Waals surface area contributed by atoms with E-state index in [9.17, 15) is 23.7 Å². The maximum absolute atomic E-state index is 13.7. The fourth-order valence-corrected chi connectivity index (χ4v) is 4.40. The molecule has 1 unspecified atom stereocenters. The highest BCUT2D eigenvalue weighted by Gasteiger charge is 2.44. The van der Waals surface area contributed by atoms with Crippen LogP contribution < -0.4 is 15.8 Å². The molecule has 4 atom stereocenters. The van der Waals surface area contributed by atoms with Gasteiger partial charge in [-0.15, -0.1) is 0 Å². The molecule has 1 saturated carbocycles. The van der Waals surface area contributed by atoms with Gasteiger partial charge in [-0.05, 0) is 24.5 Å². The van der Waals surface area contributed by atoms with Gasteiger partial charge < -0.3 is 19.9 Å². The van der Waals surface area contributed by atoms with Crippen LogP contribution in [0.1, 0.15) is 12.5 Å². The Bertz CT molecular complexity index is 1180. The Morgan fingerprint density at radius 1 is 1.40 bits per heavy atom. The Labute approximate surface area is 168 Å². The predicted molar refractivity (Wildman–Crippen MR) is 103 cm³/mol. The highest BCUT2D eigenvalue weighted by molar-refractivity contribution is 7.47. The van der Waals surface area contributed by atoms with Crippen molar-refractivity contribution in [3.05, 3.63) is 46.8 Å². The average molecular weight is 439 g/mol. The second-order valence-corrected chi connectivity index (χ2v) is 8.35. The number of nitrogens with zero attached hydrogens (tertiary/aromatic N) is 3. The first kappa shape index (κ1) is 20.5. The molecule has 2 aromatic heterocycles. The third-order valence-corrected chi connectivity index (χ3v) is 6.07. The number of H-pyrrole nitrogens is 1. The number of aliphatic hydroxyl groups excluding tert-OH is 1. The standard InChI is InChI=1S/C17H19FN5O6P/c18-11-3-1-2-4-13(11)29-30(26,27)28-7-10-9(6-24)5-12(10)23-8-20-14-15(23)21-17(19)22-16(14)25/h1-4,8-10,12,24H,5-7H2,(H,26,27)(H3,19,21,22,25)/t9-,10-,12-/m1/s1. The van der Waals surface area contributed by atoms with E-state index in [0.717, 1.165) is 6.07 Å². The highest BCUT2D eigenvalue weighted by Crippen LogP contribution is 2.50. The summed E-state index contributed by atoms with van der Waals surface area (Å²) in [6.07, 6.45) is 1.93. The number of halogens is 1. The topological polar surface area (TPSA) is 166 Å². The second-order valence-electron chi connectivity index (χ2n) is 6.97. The lowest BCUT2D eigenvalue weighted by atomic mass is 9.70. The summed E-state index contributed by atoms with van der Waals surface area (Å²) in [6.45, 7) is -0.423. The molecule has 1 aromatic carbocycles. The molecule has 4 rings (SSSR count). The van der Waals surface area contributed by atoms with E-state index in [-0.39, 0.29) is 42.3 Å². The molecule has 0 amide bonds. The number of anilines is 1. The summed E-state index contributed by atoms with van der Waals surface area (Å²) in [5, 5.41) is 9.59. The van der Waals surface area contributed by atoms with E-state index in [1.165, 1.54) is 24.5 Å². The number of nitrogens with one attached hydrogen (secondary N) is 1. The van der Waals surface area contributed by atoms with Gasteiger partial charge in [-0.2, -0.15) is 4.98 Å². The number of phosphoric acid groups is 1. The molecule has 160 valence electrons. The molecule has 11 nitrogen and oxygen atoms in total. The summed E-state index contributed by atoms with van der Waals surface area (Å²) >= 11 is 0. The van der Waals surface area contributed by atoms with Gasteiger partial charge in [0, 0.05) is 18.6 Å². The quantitative estimate of drug-likeness (QED) is 0.396. The molecule has 2 heterocycles. The number of hydrogen-bond acceptors (Lipinski definition) is 8. The number of nitrogen functional groups attached to an aromatic ring is 1. The van der Waals surface area contributed by atoms with Gasteiger partial charge in [0.1, 0.15) is 0 Å². The zero-order chi connectivity index (χ0) is 21.5. The van der Waals surface area contributed by atoms with Crippen molar-refractivity contribution in [2.75, 3.05) is 18.9 Å². The number of aromatic amines is 1. The van der Waals surface area contributed by atoms with Gasteiger partial charge in [0.25, 0.3) is 5.56 Å². The van der Waals surface area contributed by atoms with Gasteiger partial charge in [0.05, 0.1) is 12.9 Å². The Kier molecular flexibility index (Phi) is 5.33. The third kappa shape index (κ3) is 3.82. The lowest BCUT2D eigenvalue weighted by Gasteiger charge is -2.44. The molecule has 0 radical (unpaired) electrons. The molecular formula is C17H19FN5O6P. The van der Waals surface area contributed by atoms with Crippen LogP contribution >= 0.6 is 7.82 Å². The lowest BCUT2D eigenvalue weighted by molar-refractivity contribution is -0.00484. The summed E-state index contributed by atoms with van der Waals surface area (Å²) in [7, 11) is -4.62. The number of phosphoric ester groups is 1. The van der Waals surface area contributed by atoms with Crippen molar-refractivity contribution in [3.63, 3.8) is 0 Å². The summed E-state index contributed by atoms with van der Waals surface area (Å²) in [4.78, 5) is 32.5. The number of rotatable bonds is 7. The second kappa shape index (κ2) is 7.80. The first-order chi connectivity index (χ1) is 14.3. The fourth-order valence-electron chi connectivity index (χ4n) is 3.59. The summed E-state index contributed by atoms with van der Waals surface area (Å²) in [5.74, 6) is -1.91. The minimum Gasteiger partial charge on any atom is -0.401 e. The summed E-state index contributed by atoms with van der Waals surface area (Å²) in [6, 6.07) is 4.85. The smallest absolute Gasteiger partial charge is 0.401 e. The zero-order valence-corrected chi connectivity index (χ0v) is 16.4. The van der Waals surface area contributed by atoms with Gasteiger partial charge in [0.2, 0.25) is 5.95 Å². The van der Waals surface area contributed by atoms with Crippen molar-refractivity contribution >= 4 is 24.9 Å². The molecule has 5 N–H and O–H groups in total. The van der Waals surface area contributed by atoms with E-state index < -0.39 is 30.9 Å². The van der Waals surface area contributed by atoms with E-state index >= 15 is 0 Å². The van der Waals surface area contributed by atoms with Crippen molar-refractivity contribution in [1.82, 2.24) is 19.5 Å². The molecular weight excluding hydrogens is 420 g/mol. The Hall–Kier alpha value is -2.79. The number of para-hydroxylation sites is 1.